The fourth-order valence-electron chi connectivity index (χ4n) is 1.14. The first-order chi connectivity index (χ1) is 8.30. The van der Waals surface area contributed by atoms with Gasteiger partial charge in [-0.15, -0.1) is 24.8 Å². The highest BCUT2D eigenvalue weighted by atomic mass is 35.5. The SMILES string of the molecule is COC(=O)c1cnc(F)c(OC(F)(F)F)c1CCl. The molecule has 0 aliphatic rings. The number of hydrogen-bond acceptors (Lipinski definition) is 4. The minimum atomic E-state index is -5.13. The lowest BCUT2D eigenvalue weighted by Gasteiger charge is -2.14. The highest BCUT2D eigenvalue weighted by Crippen LogP contribution is 2.31. The summed E-state index contributed by atoms with van der Waals surface area (Å²) in [4.78, 5) is 14.2. The topological polar surface area (TPSA) is 48.4 Å². The fraction of sp³-hybridized carbons (Fsp3) is 0.333. The lowest BCUT2D eigenvalue weighted by Crippen LogP contribution is -2.20. The third-order valence-corrected chi connectivity index (χ3v) is 2.12. The number of carbonyl (C=O) groups excluding carboxylic acids is 1. The molecule has 0 unspecified atom stereocenters. The average molecular weight is 288 g/mol. The van der Waals surface area contributed by atoms with Crippen molar-refractivity contribution in [2.24, 2.45) is 0 Å². The molecule has 1 rings (SSSR count). The Morgan fingerprint density at radius 1 is 1.50 bits per heavy atom. The molecule has 0 aromatic carbocycles. The molecular weight excluding hydrogens is 282 g/mol. The molecule has 0 radical (unpaired) electrons. The Morgan fingerprint density at radius 2 is 2.11 bits per heavy atom. The van der Waals surface area contributed by atoms with E-state index in [-0.39, 0.29) is 0 Å². The molecule has 0 spiro atoms. The molecule has 4 nitrogen and oxygen atoms in total. The number of nitrogens with zero attached hydrogens (tertiary/aromatic N) is 1. The van der Waals surface area contributed by atoms with E-state index < -0.39 is 41.0 Å². The molecular formula is C9H6ClF4NO3. The van der Waals surface area contributed by atoms with Crippen LogP contribution in [0.4, 0.5) is 17.6 Å². The molecule has 100 valence electrons. The number of halogens is 5. The van der Waals surface area contributed by atoms with Crippen LogP contribution in [-0.4, -0.2) is 24.4 Å². The maximum Gasteiger partial charge on any atom is 0.573 e. The van der Waals surface area contributed by atoms with Gasteiger partial charge in [0.2, 0.25) is 0 Å². The molecule has 0 aliphatic carbocycles. The number of carbonyl (C=O) groups is 1. The third-order valence-electron chi connectivity index (χ3n) is 1.85. The number of methoxy groups -OCH3 is 1. The van der Waals surface area contributed by atoms with Crippen LogP contribution in [-0.2, 0) is 10.6 Å². The predicted octanol–water partition coefficient (Wildman–Crippen LogP) is 2.64. The second kappa shape index (κ2) is 5.38. The van der Waals surface area contributed by atoms with Crippen molar-refractivity contribution in [3.05, 3.63) is 23.3 Å². The van der Waals surface area contributed by atoms with Gasteiger partial charge in [0.1, 0.15) is 0 Å². The van der Waals surface area contributed by atoms with Crippen LogP contribution in [0, 0.1) is 5.95 Å². The molecule has 0 aliphatic heterocycles. The fourth-order valence-corrected chi connectivity index (χ4v) is 1.41. The molecule has 0 bridgehead atoms. The van der Waals surface area contributed by atoms with Crippen molar-refractivity contribution in [1.82, 2.24) is 4.98 Å². The Kier molecular flexibility index (Phi) is 4.33. The van der Waals surface area contributed by atoms with Crippen LogP contribution >= 0.6 is 11.6 Å². The van der Waals surface area contributed by atoms with Crippen molar-refractivity contribution in [1.29, 1.82) is 0 Å². The summed E-state index contributed by atoms with van der Waals surface area (Å²) in [6.07, 6.45) is -4.40. The van der Waals surface area contributed by atoms with Gasteiger partial charge in [0.25, 0.3) is 5.95 Å². The van der Waals surface area contributed by atoms with Gasteiger partial charge in [-0.2, -0.15) is 4.39 Å². The highest BCUT2D eigenvalue weighted by molar-refractivity contribution is 6.18. The molecule has 0 atom stereocenters. The zero-order valence-electron chi connectivity index (χ0n) is 8.85. The van der Waals surface area contributed by atoms with Crippen LogP contribution in [0.1, 0.15) is 15.9 Å². The Morgan fingerprint density at radius 3 is 2.56 bits per heavy atom. The van der Waals surface area contributed by atoms with Crippen molar-refractivity contribution >= 4 is 17.6 Å². The molecule has 18 heavy (non-hydrogen) atoms. The number of rotatable bonds is 3. The summed E-state index contributed by atoms with van der Waals surface area (Å²) in [7, 11) is 1.01. The van der Waals surface area contributed by atoms with Gasteiger partial charge in [-0.25, -0.2) is 9.78 Å². The molecule has 0 saturated carbocycles. The largest absolute Gasteiger partial charge is 0.573 e. The standard InChI is InChI=1S/C9H6ClF4NO3/c1-17-8(16)5-3-15-7(11)6(4(5)2-10)18-9(12,13)14/h3H,2H2,1H3. The number of ether oxygens (including phenoxy) is 2. The van der Waals surface area contributed by atoms with Crippen molar-refractivity contribution in [3.63, 3.8) is 0 Å². The van der Waals surface area contributed by atoms with Crippen LogP contribution in [0.2, 0.25) is 0 Å². The van der Waals surface area contributed by atoms with E-state index in [2.05, 4.69) is 14.5 Å². The maximum absolute atomic E-state index is 13.2. The predicted molar refractivity (Wildman–Crippen MR) is 51.8 cm³/mol. The quantitative estimate of drug-likeness (QED) is 0.371. The van der Waals surface area contributed by atoms with E-state index in [0.717, 1.165) is 13.3 Å². The van der Waals surface area contributed by atoms with Crippen LogP contribution in [0.25, 0.3) is 0 Å². The molecule has 0 fully saturated rings. The Labute approximate surface area is 103 Å². The van der Waals surface area contributed by atoms with E-state index in [4.69, 9.17) is 11.6 Å². The normalized spacial score (nSPS) is 11.2. The Balaban J connectivity index is 3.35. The minimum Gasteiger partial charge on any atom is -0.465 e. The van der Waals surface area contributed by atoms with E-state index in [9.17, 15) is 22.4 Å². The van der Waals surface area contributed by atoms with Gasteiger partial charge in [0.05, 0.1) is 18.6 Å². The molecule has 1 aromatic rings. The van der Waals surface area contributed by atoms with E-state index in [1.165, 1.54) is 0 Å². The number of esters is 1. The van der Waals surface area contributed by atoms with Crippen LogP contribution in [0.5, 0.6) is 5.75 Å². The smallest absolute Gasteiger partial charge is 0.465 e. The van der Waals surface area contributed by atoms with Gasteiger partial charge in [-0.1, -0.05) is 0 Å². The van der Waals surface area contributed by atoms with Gasteiger partial charge < -0.3 is 9.47 Å². The summed E-state index contributed by atoms with van der Waals surface area (Å²) >= 11 is 5.39. The number of pyridine rings is 1. The maximum atomic E-state index is 13.2. The van der Waals surface area contributed by atoms with Crippen LogP contribution < -0.4 is 4.74 Å². The van der Waals surface area contributed by atoms with E-state index in [1.807, 2.05) is 0 Å². The second-order valence-corrected chi connectivity index (χ2v) is 3.21. The van der Waals surface area contributed by atoms with E-state index in [1.54, 1.807) is 0 Å². The second-order valence-electron chi connectivity index (χ2n) is 2.94. The first-order valence-electron chi connectivity index (χ1n) is 4.37. The van der Waals surface area contributed by atoms with Gasteiger partial charge >= 0.3 is 12.3 Å². The van der Waals surface area contributed by atoms with Crippen molar-refractivity contribution in [2.45, 2.75) is 12.2 Å². The molecule has 0 N–H and O–H groups in total. The number of aromatic nitrogens is 1. The van der Waals surface area contributed by atoms with Gasteiger partial charge in [-0.3, -0.25) is 0 Å². The lowest BCUT2D eigenvalue weighted by molar-refractivity contribution is -0.276. The molecule has 0 saturated heterocycles. The molecule has 0 amide bonds. The third kappa shape index (κ3) is 3.22. The monoisotopic (exact) mass is 287 g/mol. The van der Waals surface area contributed by atoms with Gasteiger partial charge in [0, 0.05) is 11.8 Å². The molecule has 9 heteroatoms. The summed E-state index contributed by atoms with van der Waals surface area (Å²) < 4.78 is 57.2. The number of hydrogen-bond donors (Lipinski definition) is 0. The van der Waals surface area contributed by atoms with E-state index >= 15 is 0 Å². The summed E-state index contributed by atoms with van der Waals surface area (Å²) in [5.74, 6) is -4.32. The van der Waals surface area contributed by atoms with Crippen LogP contribution in [0.3, 0.4) is 0 Å². The van der Waals surface area contributed by atoms with Crippen LogP contribution in [0.15, 0.2) is 6.20 Å². The molecule has 1 heterocycles. The van der Waals surface area contributed by atoms with E-state index in [0.29, 0.717) is 0 Å². The van der Waals surface area contributed by atoms with Gasteiger partial charge in [0.15, 0.2) is 5.75 Å². The Bertz CT molecular complexity index is 464. The number of alkyl halides is 4. The summed E-state index contributed by atoms with van der Waals surface area (Å²) in [6.45, 7) is 0. The lowest BCUT2D eigenvalue weighted by atomic mass is 10.1. The Hall–Kier alpha value is -1.57. The van der Waals surface area contributed by atoms with Crippen molar-refractivity contribution in [2.75, 3.05) is 7.11 Å². The molecule has 1 aromatic heterocycles. The minimum absolute atomic E-state index is 0.395. The summed E-state index contributed by atoms with van der Waals surface area (Å²) in [5, 5.41) is 0. The average Bonchev–Trinajstić information content (AvgIpc) is 2.29. The highest BCUT2D eigenvalue weighted by Gasteiger charge is 2.35. The van der Waals surface area contributed by atoms with Crippen molar-refractivity contribution < 1.29 is 31.8 Å². The van der Waals surface area contributed by atoms with Gasteiger partial charge in [-0.05, 0) is 0 Å². The zero-order chi connectivity index (χ0) is 13.9. The van der Waals surface area contributed by atoms with Crippen molar-refractivity contribution in [3.8, 4) is 5.75 Å². The summed E-state index contributed by atoms with van der Waals surface area (Å²) in [5.41, 5.74) is -0.874. The first-order valence-corrected chi connectivity index (χ1v) is 4.91. The summed E-state index contributed by atoms with van der Waals surface area (Å²) in [6, 6.07) is 0. The zero-order valence-corrected chi connectivity index (χ0v) is 9.60. The first kappa shape index (κ1) is 14.5.